The van der Waals surface area contributed by atoms with E-state index in [1.807, 2.05) is 0 Å². The van der Waals surface area contributed by atoms with Crippen molar-refractivity contribution in [1.82, 2.24) is 10.0 Å². The van der Waals surface area contributed by atoms with Crippen molar-refractivity contribution in [3.05, 3.63) is 12.1 Å². The summed E-state index contributed by atoms with van der Waals surface area (Å²) in [5.41, 5.74) is 0. The summed E-state index contributed by atoms with van der Waals surface area (Å²) >= 11 is 0. The maximum Gasteiger partial charge on any atom is 0.248 e. The standard InChI is InChI=1S/C13H20N2O6S/c1-9(16)14-5-6-15-22(17,18)13-11(20-3)7-10(19-2)8-12(13)21-4/h7-8,15H,5-6H2,1-4H3,(H,14,16). The average Bonchev–Trinajstić information content (AvgIpc) is 2.49. The molecule has 0 radical (unpaired) electrons. The molecule has 9 heteroatoms. The molecule has 1 aromatic rings. The van der Waals surface area contributed by atoms with Crippen molar-refractivity contribution in [1.29, 1.82) is 0 Å². The van der Waals surface area contributed by atoms with Crippen LogP contribution in [0, 0.1) is 0 Å². The lowest BCUT2D eigenvalue weighted by atomic mass is 10.3. The molecule has 0 bridgehead atoms. The highest BCUT2D eigenvalue weighted by Gasteiger charge is 2.25. The Kier molecular flexibility index (Phi) is 6.44. The molecular weight excluding hydrogens is 312 g/mol. The fourth-order valence-electron chi connectivity index (χ4n) is 1.73. The smallest absolute Gasteiger partial charge is 0.248 e. The van der Waals surface area contributed by atoms with E-state index < -0.39 is 10.0 Å². The molecule has 0 aliphatic heterocycles. The van der Waals surface area contributed by atoms with Gasteiger partial charge in [0, 0.05) is 32.1 Å². The van der Waals surface area contributed by atoms with Crippen molar-refractivity contribution in [2.75, 3.05) is 34.4 Å². The van der Waals surface area contributed by atoms with Crippen molar-refractivity contribution in [3.63, 3.8) is 0 Å². The van der Waals surface area contributed by atoms with Gasteiger partial charge in [0.1, 0.15) is 17.2 Å². The predicted octanol–water partition coefficient (Wildman–Crippen LogP) is 0.127. The van der Waals surface area contributed by atoms with Gasteiger partial charge in [-0.05, 0) is 0 Å². The molecule has 0 atom stereocenters. The van der Waals surface area contributed by atoms with Gasteiger partial charge in [0.15, 0.2) is 4.90 Å². The van der Waals surface area contributed by atoms with Gasteiger partial charge in [0.25, 0.3) is 0 Å². The van der Waals surface area contributed by atoms with Crippen LogP contribution in [0.4, 0.5) is 0 Å². The van der Waals surface area contributed by atoms with Crippen LogP contribution in [0.5, 0.6) is 17.2 Å². The lowest BCUT2D eigenvalue weighted by Gasteiger charge is -2.15. The van der Waals surface area contributed by atoms with Crippen LogP contribution in [-0.2, 0) is 14.8 Å². The zero-order valence-corrected chi connectivity index (χ0v) is 13.7. The van der Waals surface area contributed by atoms with Crippen molar-refractivity contribution < 1.29 is 27.4 Å². The lowest BCUT2D eigenvalue weighted by molar-refractivity contribution is -0.118. The molecule has 0 saturated carbocycles. The Labute approximate surface area is 129 Å². The molecule has 124 valence electrons. The highest BCUT2D eigenvalue weighted by Crippen LogP contribution is 2.37. The number of rotatable bonds is 8. The first-order valence-electron chi connectivity index (χ1n) is 6.39. The molecule has 0 heterocycles. The molecule has 0 unspecified atom stereocenters. The van der Waals surface area contributed by atoms with Gasteiger partial charge in [-0.2, -0.15) is 0 Å². The molecule has 1 aromatic carbocycles. The normalized spacial score (nSPS) is 10.9. The second-order valence-electron chi connectivity index (χ2n) is 4.24. The number of sulfonamides is 1. The number of benzene rings is 1. The van der Waals surface area contributed by atoms with Crippen LogP contribution in [0.25, 0.3) is 0 Å². The van der Waals surface area contributed by atoms with Crippen molar-refractivity contribution >= 4 is 15.9 Å². The fraction of sp³-hybridized carbons (Fsp3) is 0.462. The fourth-order valence-corrected chi connectivity index (χ4v) is 3.06. The Morgan fingerprint density at radius 3 is 2.00 bits per heavy atom. The molecule has 2 N–H and O–H groups in total. The van der Waals surface area contributed by atoms with Crippen LogP contribution in [0.3, 0.4) is 0 Å². The number of nitrogens with one attached hydrogen (secondary N) is 2. The molecule has 0 aliphatic rings. The highest BCUT2D eigenvalue weighted by atomic mass is 32.2. The minimum atomic E-state index is -3.88. The first-order chi connectivity index (χ1) is 10.4. The van der Waals surface area contributed by atoms with Gasteiger partial charge < -0.3 is 19.5 Å². The van der Waals surface area contributed by atoms with Crippen LogP contribution >= 0.6 is 0 Å². The first kappa shape index (κ1) is 18.1. The van der Waals surface area contributed by atoms with Gasteiger partial charge in [-0.1, -0.05) is 0 Å². The SMILES string of the molecule is COc1cc(OC)c(S(=O)(=O)NCCNC(C)=O)c(OC)c1. The summed E-state index contributed by atoms with van der Waals surface area (Å²) in [5.74, 6) is 0.371. The third-order valence-corrected chi connectivity index (χ3v) is 4.25. The Bertz CT molecular complexity index is 604. The Hall–Kier alpha value is -2.00. The minimum Gasteiger partial charge on any atom is -0.496 e. The largest absolute Gasteiger partial charge is 0.496 e. The highest BCUT2D eigenvalue weighted by molar-refractivity contribution is 7.89. The van der Waals surface area contributed by atoms with E-state index in [9.17, 15) is 13.2 Å². The maximum atomic E-state index is 12.4. The molecule has 0 spiro atoms. The van der Waals surface area contributed by atoms with Gasteiger partial charge in [0.2, 0.25) is 15.9 Å². The Morgan fingerprint density at radius 2 is 1.59 bits per heavy atom. The number of hydrogen-bond donors (Lipinski definition) is 2. The molecule has 8 nitrogen and oxygen atoms in total. The first-order valence-corrected chi connectivity index (χ1v) is 7.88. The monoisotopic (exact) mass is 332 g/mol. The number of amides is 1. The van der Waals surface area contributed by atoms with E-state index in [0.717, 1.165) is 0 Å². The van der Waals surface area contributed by atoms with E-state index in [1.54, 1.807) is 0 Å². The van der Waals surface area contributed by atoms with Gasteiger partial charge >= 0.3 is 0 Å². The van der Waals surface area contributed by atoms with E-state index in [0.29, 0.717) is 5.75 Å². The summed E-state index contributed by atoms with van der Waals surface area (Å²) in [6, 6.07) is 2.90. The third-order valence-electron chi connectivity index (χ3n) is 2.73. The Balaban J connectivity index is 3.09. The molecule has 0 aliphatic carbocycles. The quantitative estimate of drug-likeness (QED) is 0.656. The van der Waals surface area contributed by atoms with Crippen molar-refractivity contribution in [3.8, 4) is 17.2 Å². The second kappa shape index (κ2) is 7.85. The van der Waals surface area contributed by atoms with Crippen LogP contribution in [0.2, 0.25) is 0 Å². The molecule has 1 amide bonds. The summed E-state index contributed by atoms with van der Waals surface area (Å²) in [4.78, 5) is 10.6. The van der Waals surface area contributed by atoms with Crippen molar-refractivity contribution in [2.45, 2.75) is 11.8 Å². The zero-order chi connectivity index (χ0) is 16.8. The summed E-state index contributed by atoms with van der Waals surface area (Å²) in [6.07, 6.45) is 0. The molecule has 0 aromatic heterocycles. The Morgan fingerprint density at radius 1 is 1.05 bits per heavy atom. The van der Waals surface area contributed by atoms with E-state index in [-0.39, 0.29) is 35.4 Å². The van der Waals surface area contributed by atoms with Gasteiger partial charge in [-0.25, -0.2) is 13.1 Å². The molecule has 0 saturated heterocycles. The second-order valence-corrected chi connectivity index (χ2v) is 5.95. The van der Waals surface area contributed by atoms with Crippen LogP contribution in [-0.4, -0.2) is 48.7 Å². The average molecular weight is 332 g/mol. The van der Waals surface area contributed by atoms with Gasteiger partial charge in [0.05, 0.1) is 21.3 Å². The van der Waals surface area contributed by atoms with E-state index in [2.05, 4.69) is 10.0 Å². The summed E-state index contributed by atoms with van der Waals surface area (Å²) in [5, 5.41) is 2.50. The molecule has 0 fully saturated rings. The van der Waals surface area contributed by atoms with Crippen LogP contribution in [0.1, 0.15) is 6.92 Å². The topological polar surface area (TPSA) is 103 Å². The maximum absolute atomic E-state index is 12.4. The number of carbonyl (C=O) groups excluding carboxylic acids is 1. The van der Waals surface area contributed by atoms with Crippen molar-refractivity contribution in [2.24, 2.45) is 0 Å². The summed E-state index contributed by atoms with van der Waals surface area (Å²) < 4.78 is 42.5. The zero-order valence-electron chi connectivity index (χ0n) is 12.9. The van der Waals surface area contributed by atoms with Crippen LogP contribution < -0.4 is 24.2 Å². The predicted molar refractivity (Wildman–Crippen MR) is 80.0 cm³/mol. The number of carbonyl (C=O) groups is 1. The summed E-state index contributed by atoms with van der Waals surface area (Å²) in [7, 11) is 0.280. The number of hydrogen-bond acceptors (Lipinski definition) is 6. The van der Waals surface area contributed by atoms with Crippen LogP contribution in [0.15, 0.2) is 17.0 Å². The number of methoxy groups -OCH3 is 3. The van der Waals surface area contributed by atoms with E-state index >= 15 is 0 Å². The summed E-state index contributed by atoms with van der Waals surface area (Å²) in [6.45, 7) is 1.57. The molecule has 22 heavy (non-hydrogen) atoms. The lowest BCUT2D eigenvalue weighted by Crippen LogP contribution is -2.34. The molecular formula is C13H20N2O6S. The third kappa shape index (κ3) is 4.50. The number of ether oxygens (including phenoxy) is 3. The minimum absolute atomic E-state index is 0.0419. The van der Waals surface area contributed by atoms with Gasteiger partial charge in [-0.15, -0.1) is 0 Å². The van der Waals surface area contributed by atoms with E-state index in [4.69, 9.17) is 14.2 Å². The van der Waals surface area contributed by atoms with Gasteiger partial charge in [-0.3, -0.25) is 4.79 Å². The van der Waals surface area contributed by atoms with E-state index in [1.165, 1.54) is 40.4 Å². The molecule has 1 rings (SSSR count).